The zero-order chi connectivity index (χ0) is 23.4. The number of aliphatic hydroxyl groups is 1. The van der Waals surface area contributed by atoms with Crippen LogP contribution in [0.4, 0.5) is 0 Å². The number of carbonyl (C=O) groups is 2. The van der Waals surface area contributed by atoms with Gasteiger partial charge in [-0.1, -0.05) is 30.3 Å². The summed E-state index contributed by atoms with van der Waals surface area (Å²) in [6, 6.07) is 15.7. The highest BCUT2D eigenvalue weighted by atomic mass is 16.5. The molecule has 2 aliphatic heterocycles. The normalized spacial score (nSPS) is 21.1. The molecule has 7 heteroatoms. The van der Waals surface area contributed by atoms with E-state index in [4.69, 9.17) is 4.74 Å². The number of hydrogen-bond donors (Lipinski definition) is 2. The second-order valence-electron chi connectivity index (χ2n) is 8.69. The van der Waals surface area contributed by atoms with E-state index in [1.165, 1.54) is 0 Å². The molecule has 0 radical (unpaired) electrons. The Labute approximate surface area is 194 Å². The second-order valence-corrected chi connectivity index (χ2v) is 8.69. The number of piperazine rings is 1. The van der Waals surface area contributed by atoms with Gasteiger partial charge in [-0.3, -0.25) is 14.5 Å². The van der Waals surface area contributed by atoms with Crippen LogP contribution in [0.5, 0.6) is 5.75 Å². The Morgan fingerprint density at radius 3 is 2.33 bits per heavy atom. The first-order valence-corrected chi connectivity index (χ1v) is 11.5. The Morgan fingerprint density at radius 1 is 1.03 bits per heavy atom. The van der Waals surface area contributed by atoms with Crippen molar-refractivity contribution in [3.05, 3.63) is 71.3 Å². The quantitative estimate of drug-likeness (QED) is 0.384. The van der Waals surface area contributed by atoms with Gasteiger partial charge >= 0.3 is 0 Å². The standard InChI is InChI=1S/C26H31N3O4/c1-18(2)33-21-10-8-20(9-11-21)24(30)22-23(19-6-4-3-5-7-19)29(26(32)25(22)31)17-16-28-14-12-27-13-15-28/h3-11,18,23,27,30H,12-17H2,1-2H3/b24-22-. The number of nitrogens with one attached hydrogen (secondary N) is 1. The molecular formula is C26H31N3O4. The Bertz CT molecular complexity index is 1010. The lowest BCUT2D eigenvalue weighted by molar-refractivity contribution is -0.140. The van der Waals surface area contributed by atoms with Crippen molar-refractivity contribution in [1.29, 1.82) is 0 Å². The van der Waals surface area contributed by atoms with Gasteiger partial charge in [0.2, 0.25) is 0 Å². The molecule has 7 nitrogen and oxygen atoms in total. The maximum Gasteiger partial charge on any atom is 0.295 e. The van der Waals surface area contributed by atoms with E-state index < -0.39 is 17.7 Å². The number of nitrogens with zero attached hydrogens (tertiary/aromatic N) is 2. The highest BCUT2D eigenvalue weighted by molar-refractivity contribution is 6.46. The fourth-order valence-corrected chi connectivity index (χ4v) is 4.40. The van der Waals surface area contributed by atoms with Gasteiger partial charge in [-0.15, -0.1) is 0 Å². The summed E-state index contributed by atoms with van der Waals surface area (Å²) < 4.78 is 5.67. The van der Waals surface area contributed by atoms with E-state index >= 15 is 0 Å². The smallest absolute Gasteiger partial charge is 0.295 e. The zero-order valence-electron chi connectivity index (χ0n) is 19.2. The van der Waals surface area contributed by atoms with Crippen molar-refractivity contribution < 1.29 is 19.4 Å². The number of ketones is 1. The molecule has 2 saturated heterocycles. The highest BCUT2D eigenvalue weighted by Crippen LogP contribution is 2.39. The molecule has 1 amide bonds. The molecule has 1 atom stereocenters. The third kappa shape index (κ3) is 5.10. The van der Waals surface area contributed by atoms with Crippen molar-refractivity contribution in [2.24, 2.45) is 0 Å². The summed E-state index contributed by atoms with van der Waals surface area (Å²) in [7, 11) is 0. The van der Waals surface area contributed by atoms with Gasteiger partial charge in [0.05, 0.1) is 17.7 Å². The molecule has 2 aliphatic rings. The number of carbonyl (C=O) groups excluding carboxylic acids is 2. The van der Waals surface area contributed by atoms with E-state index in [1.807, 2.05) is 44.2 Å². The largest absolute Gasteiger partial charge is 0.507 e. The molecule has 2 N–H and O–H groups in total. The Balaban J connectivity index is 1.67. The SMILES string of the molecule is CC(C)Oc1ccc(/C(O)=C2/C(=O)C(=O)N(CCN3CCNCC3)C2c2ccccc2)cc1. The first-order valence-electron chi connectivity index (χ1n) is 11.5. The lowest BCUT2D eigenvalue weighted by Crippen LogP contribution is -2.46. The monoisotopic (exact) mass is 449 g/mol. The minimum atomic E-state index is -0.649. The topological polar surface area (TPSA) is 82.1 Å². The zero-order valence-corrected chi connectivity index (χ0v) is 19.2. The van der Waals surface area contributed by atoms with E-state index in [2.05, 4.69) is 10.2 Å². The van der Waals surface area contributed by atoms with Gasteiger partial charge in [0.15, 0.2) is 0 Å². The minimum absolute atomic E-state index is 0.0311. The van der Waals surface area contributed by atoms with E-state index in [9.17, 15) is 14.7 Å². The number of aliphatic hydroxyl groups excluding tert-OH is 1. The number of hydrogen-bond acceptors (Lipinski definition) is 6. The van der Waals surface area contributed by atoms with Crippen molar-refractivity contribution >= 4 is 17.4 Å². The van der Waals surface area contributed by atoms with Crippen LogP contribution in [-0.2, 0) is 9.59 Å². The van der Waals surface area contributed by atoms with Crippen LogP contribution < -0.4 is 10.1 Å². The summed E-state index contributed by atoms with van der Waals surface area (Å²) in [5.74, 6) is -0.704. The van der Waals surface area contributed by atoms with Gasteiger partial charge in [0.1, 0.15) is 11.5 Å². The average molecular weight is 450 g/mol. The van der Waals surface area contributed by atoms with Crippen LogP contribution >= 0.6 is 0 Å². The third-order valence-corrected chi connectivity index (χ3v) is 6.02. The lowest BCUT2D eigenvalue weighted by atomic mass is 9.95. The summed E-state index contributed by atoms with van der Waals surface area (Å²) in [6.07, 6.45) is 0.0311. The van der Waals surface area contributed by atoms with Gasteiger partial charge in [-0.2, -0.15) is 0 Å². The summed E-state index contributed by atoms with van der Waals surface area (Å²) >= 11 is 0. The Morgan fingerprint density at radius 2 is 1.70 bits per heavy atom. The maximum absolute atomic E-state index is 13.1. The molecule has 0 aromatic heterocycles. The molecule has 0 spiro atoms. The van der Waals surface area contributed by atoms with Gasteiger partial charge in [0.25, 0.3) is 11.7 Å². The average Bonchev–Trinajstić information content (AvgIpc) is 3.08. The predicted octanol–water partition coefficient (Wildman–Crippen LogP) is 2.80. The minimum Gasteiger partial charge on any atom is -0.507 e. The van der Waals surface area contributed by atoms with Crippen molar-refractivity contribution in [2.45, 2.75) is 26.0 Å². The number of rotatable bonds is 7. The van der Waals surface area contributed by atoms with Crippen molar-refractivity contribution in [3.63, 3.8) is 0 Å². The van der Waals surface area contributed by atoms with Crippen LogP contribution in [0.2, 0.25) is 0 Å². The van der Waals surface area contributed by atoms with Gasteiger partial charge in [0, 0.05) is 44.8 Å². The number of amides is 1. The van der Waals surface area contributed by atoms with Crippen LogP contribution in [-0.4, -0.2) is 72.0 Å². The number of Topliss-reactive ketones (excluding diaryl/α,β-unsaturated/α-hetero) is 1. The van der Waals surface area contributed by atoms with E-state index in [0.717, 1.165) is 31.7 Å². The Kier molecular flexibility index (Phi) is 7.11. The van der Waals surface area contributed by atoms with Crippen LogP contribution in [0.15, 0.2) is 60.2 Å². The van der Waals surface area contributed by atoms with Crippen LogP contribution in [0.25, 0.3) is 5.76 Å². The lowest BCUT2D eigenvalue weighted by Gasteiger charge is -2.31. The van der Waals surface area contributed by atoms with Gasteiger partial charge in [-0.05, 0) is 43.7 Å². The van der Waals surface area contributed by atoms with Gasteiger partial charge < -0.3 is 20.1 Å². The molecular weight excluding hydrogens is 418 g/mol. The van der Waals surface area contributed by atoms with E-state index in [1.54, 1.807) is 29.2 Å². The van der Waals surface area contributed by atoms with E-state index in [0.29, 0.717) is 24.4 Å². The van der Waals surface area contributed by atoms with Gasteiger partial charge in [-0.25, -0.2) is 0 Å². The fourth-order valence-electron chi connectivity index (χ4n) is 4.40. The fraction of sp³-hybridized carbons (Fsp3) is 0.385. The molecule has 1 unspecified atom stereocenters. The summed E-state index contributed by atoms with van der Waals surface area (Å²) in [5, 5.41) is 14.5. The molecule has 0 aliphatic carbocycles. The molecule has 2 aromatic rings. The molecule has 2 heterocycles. The predicted molar refractivity (Wildman–Crippen MR) is 127 cm³/mol. The number of benzene rings is 2. The van der Waals surface area contributed by atoms with Crippen LogP contribution in [0.1, 0.15) is 31.0 Å². The molecule has 33 heavy (non-hydrogen) atoms. The first-order chi connectivity index (χ1) is 16.0. The number of ether oxygens (including phenoxy) is 1. The van der Waals surface area contributed by atoms with Crippen LogP contribution in [0.3, 0.4) is 0 Å². The summed E-state index contributed by atoms with van der Waals surface area (Å²) in [6.45, 7) is 8.62. The Hall–Kier alpha value is -3.16. The van der Waals surface area contributed by atoms with E-state index in [-0.39, 0.29) is 17.4 Å². The molecule has 174 valence electrons. The van der Waals surface area contributed by atoms with Crippen molar-refractivity contribution in [3.8, 4) is 5.75 Å². The number of likely N-dealkylation sites (tertiary alicyclic amines) is 1. The molecule has 2 aromatic carbocycles. The summed E-state index contributed by atoms with van der Waals surface area (Å²) in [4.78, 5) is 30.1. The maximum atomic E-state index is 13.1. The molecule has 2 fully saturated rings. The highest BCUT2D eigenvalue weighted by Gasteiger charge is 2.45. The van der Waals surface area contributed by atoms with Crippen molar-refractivity contribution in [2.75, 3.05) is 39.3 Å². The van der Waals surface area contributed by atoms with Crippen LogP contribution in [0, 0.1) is 0 Å². The first kappa shape index (κ1) is 23.0. The second kappa shape index (κ2) is 10.2. The molecule has 4 rings (SSSR count). The molecule has 0 saturated carbocycles. The van der Waals surface area contributed by atoms with Crippen molar-refractivity contribution in [1.82, 2.24) is 15.1 Å². The molecule has 0 bridgehead atoms. The third-order valence-electron chi connectivity index (χ3n) is 6.02. The summed E-state index contributed by atoms with van der Waals surface area (Å²) in [5.41, 5.74) is 1.41.